The second kappa shape index (κ2) is 12.7. The topological polar surface area (TPSA) is 94.9 Å². The van der Waals surface area contributed by atoms with Crippen LogP contribution in [0.25, 0.3) is 0 Å². The number of hydrogen-bond acceptors (Lipinski definition) is 7. The van der Waals surface area contributed by atoms with Gasteiger partial charge in [0.25, 0.3) is 0 Å². The first-order chi connectivity index (χ1) is 17.4. The minimum atomic E-state index is -1.15. The Bertz CT molecular complexity index is 1170. The Morgan fingerprint density at radius 2 is 1.47 bits per heavy atom. The lowest BCUT2D eigenvalue weighted by Crippen LogP contribution is -2.26. The molecule has 7 nitrogen and oxygen atoms in total. The van der Waals surface area contributed by atoms with Crippen molar-refractivity contribution in [3.63, 3.8) is 0 Å². The molecule has 0 amide bonds. The van der Waals surface area contributed by atoms with Crippen LogP contribution in [0.4, 0.5) is 0 Å². The van der Waals surface area contributed by atoms with E-state index >= 15 is 0 Å². The van der Waals surface area contributed by atoms with Crippen LogP contribution >= 0.6 is 0 Å². The molecule has 0 radical (unpaired) electrons. The van der Waals surface area contributed by atoms with Crippen molar-refractivity contribution >= 4 is 11.9 Å². The molecule has 0 saturated heterocycles. The van der Waals surface area contributed by atoms with Crippen molar-refractivity contribution in [1.82, 2.24) is 4.98 Å². The first-order valence-corrected chi connectivity index (χ1v) is 12.1. The van der Waals surface area contributed by atoms with Gasteiger partial charge in [-0.2, -0.15) is 4.91 Å². The number of rotatable bonds is 11. The minimum absolute atomic E-state index is 0.139. The van der Waals surface area contributed by atoms with Crippen LogP contribution in [0.5, 0.6) is 0 Å². The molecule has 1 aromatic heterocycles. The van der Waals surface area contributed by atoms with Gasteiger partial charge in [-0.1, -0.05) is 53.7 Å². The number of pyridine rings is 1. The molecule has 0 saturated carbocycles. The molecule has 3 aromatic rings. The van der Waals surface area contributed by atoms with Gasteiger partial charge >= 0.3 is 11.9 Å². The summed E-state index contributed by atoms with van der Waals surface area (Å²) >= 11 is 0. The zero-order valence-corrected chi connectivity index (χ0v) is 21.1. The molecule has 188 valence electrons. The lowest BCUT2D eigenvalue weighted by molar-refractivity contribution is -0.156. The number of aromatic nitrogens is 1. The van der Waals surface area contributed by atoms with Gasteiger partial charge in [0.15, 0.2) is 5.92 Å². The van der Waals surface area contributed by atoms with Crippen LogP contribution in [0.15, 0.2) is 72.0 Å². The number of nitroso groups, excluding NO2 is 1. The van der Waals surface area contributed by atoms with Gasteiger partial charge in [0, 0.05) is 17.8 Å². The smallest absolute Gasteiger partial charge is 0.324 e. The third-order valence-corrected chi connectivity index (χ3v) is 6.17. The standard InChI is InChI=1S/C29H32N2O5/c1-5-35-28(32)27(29(33)36-6-2)22-13-11-21(12-14-22)25(24-10-8-7-9-19(24)3)18-26(31-34)23-15-16-30-20(4)17-23/h7-17,25-27H,5-6,18H2,1-4H3/t25-,26?/m0/s1. The van der Waals surface area contributed by atoms with E-state index in [4.69, 9.17) is 9.47 Å². The van der Waals surface area contributed by atoms with Gasteiger partial charge in [0.05, 0.1) is 13.2 Å². The van der Waals surface area contributed by atoms with Crippen molar-refractivity contribution < 1.29 is 19.1 Å². The summed E-state index contributed by atoms with van der Waals surface area (Å²) in [5, 5.41) is 3.45. The predicted octanol–water partition coefficient (Wildman–Crippen LogP) is 5.94. The average Bonchev–Trinajstić information content (AvgIpc) is 2.86. The molecular weight excluding hydrogens is 456 g/mol. The molecule has 3 rings (SSSR count). The fourth-order valence-electron chi connectivity index (χ4n) is 4.40. The molecule has 7 heteroatoms. The third kappa shape index (κ3) is 6.42. The summed E-state index contributed by atoms with van der Waals surface area (Å²) in [5.41, 5.74) is 5.25. The summed E-state index contributed by atoms with van der Waals surface area (Å²) < 4.78 is 10.2. The Balaban J connectivity index is 2.00. The predicted molar refractivity (Wildman–Crippen MR) is 138 cm³/mol. The monoisotopic (exact) mass is 488 g/mol. The number of carbonyl (C=O) groups is 2. The van der Waals surface area contributed by atoms with E-state index in [0.29, 0.717) is 12.0 Å². The number of benzene rings is 2. The van der Waals surface area contributed by atoms with Gasteiger partial charge in [-0.3, -0.25) is 14.6 Å². The van der Waals surface area contributed by atoms with Crippen molar-refractivity contribution in [3.8, 4) is 0 Å². The van der Waals surface area contributed by atoms with Crippen molar-refractivity contribution in [3.05, 3.63) is 105 Å². The maximum atomic E-state index is 12.5. The Labute approximate surface area is 211 Å². The van der Waals surface area contributed by atoms with Gasteiger partial charge in [-0.25, -0.2) is 0 Å². The molecule has 0 aliphatic rings. The van der Waals surface area contributed by atoms with E-state index in [2.05, 4.69) is 10.2 Å². The van der Waals surface area contributed by atoms with Crippen LogP contribution in [0.3, 0.4) is 0 Å². The molecular formula is C29H32N2O5. The molecule has 0 bridgehead atoms. The minimum Gasteiger partial charge on any atom is -0.465 e. The van der Waals surface area contributed by atoms with Gasteiger partial charge < -0.3 is 9.47 Å². The highest BCUT2D eigenvalue weighted by Crippen LogP contribution is 2.37. The SMILES string of the molecule is CCOC(=O)C(C(=O)OCC)c1ccc([C@H](CC(N=O)c2ccnc(C)c2)c2ccccc2C)cc1. The first-order valence-electron chi connectivity index (χ1n) is 12.1. The van der Waals surface area contributed by atoms with Crippen LogP contribution in [0.2, 0.25) is 0 Å². The largest absolute Gasteiger partial charge is 0.465 e. The van der Waals surface area contributed by atoms with Crippen molar-refractivity contribution in [1.29, 1.82) is 0 Å². The quantitative estimate of drug-likeness (QED) is 0.188. The van der Waals surface area contributed by atoms with E-state index in [9.17, 15) is 14.5 Å². The molecule has 1 heterocycles. The van der Waals surface area contributed by atoms with E-state index in [-0.39, 0.29) is 19.1 Å². The van der Waals surface area contributed by atoms with Gasteiger partial charge in [-0.05, 0) is 74.1 Å². The van der Waals surface area contributed by atoms with Crippen LogP contribution in [-0.4, -0.2) is 30.1 Å². The zero-order chi connectivity index (χ0) is 26.1. The Morgan fingerprint density at radius 3 is 2.03 bits per heavy atom. The van der Waals surface area contributed by atoms with Gasteiger partial charge in [-0.15, -0.1) is 0 Å². The average molecular weight is 489 g/mol. The van der Waals surface area contributed by atoms with Crippen LogP contribution in [0, 0.1) is 18.8 Å². The zero-order valence-electron chi connectivity index (χ0n) is 21.1. The summed E-state index contributed by atoms with van der Waals surface area (Å²) in [6.07, 6.45) is 2.14. The summed E-state index contributed by atoms with van der Waals surface area (Å²) in [5.74, 6) is -2.57. The maximum absolute atomic E-state index is 12.5. The van der Waals surface area contributed by atoms with Crippen molar-refractivity contribution in [2.75, 3.05) is 13.2 Å². The molecule has 0 aliphatic carbocycles. The normalized spacial score (nSPS) is 12.6. The number of hydrogen-bond donors (Lipinski definition) is 0. The van der Waals surface area contributed by atoms with Crippen LogP contribution in [0.1, 0.15) is 71.7 Å². The van der Waals surface area contributed by atoms with Gasteiger partial charge in [0.2, 0.25) is 0 Å². The van der Waals surface area contributed by atoms with E-state index in [1.54, 1.807) is 32.2 Å². The summed E-state index contributed by atoms with van der Waals surface area (Å²) in [7, 11) is 0. The summed E-state index contributed by atoms with van der Waals surface area (Å²) in [6, 6.07) is 18.4. The second-order valence-electron chi connectivity index (χ2n) is 8.60. The van der Waals surface area contributed by atoms with E-state index in [1.165, 1.54) is 0 Å². The van der Waals surface area contributed by atoms with Gasteiger partial charge in [0.1, 0.15) is 6.04 Å². The van der Waals surface area contributed by atoms with Crippen LogP contribution < -0.4 is 0 Å². The summed E-state index contributed by atoms with van der Waals surface area (Å²) in [4.78, 5) is 41.2. The number of esters is 2. The number of aryl methyl sites for hydroxylation is 2. The Kier molecular flexibility index (Phi) is 9.45. The number of nitrogens with zero attached hydrogens (tertiary/aromatic N) is 2. The van der Waals surface area contributed by atoms with E-state index in [1.807, 2.05) is 62.4 Å². The molecule has 2 aromatic carbocycles. The molecule has 2 atom stereocenters. The molecule has 36 heavy (non-hydrogen) atoms. The lowest BCUT2D eigenvalue weighted by atomic mass is 9.82. The highest BCUT2D eigenvalue weighted by Gasteiger charge is 2.32. The molecule has 0 N–H and O–H groups in total. The molecule has 1 unspecified atom stereocenters. The van der Waals surface area contributed by atoms with Crippen LogP contribution in [-0.2, 0) is 19.1 Å². The van der Waals surface area contributed by atoms with Crippen molar-refractivity contribution in [2.45, 2.75) is 52.0 Å². The highest BCUT2D eigenvalue weighted by atomic mass is 16.6. The lowest BCUT2D eigenvalue weighted by Gasteiger charge is -2.23. The highest BCUT2D eigenvalue weighted by molar-refractivity contribution is 6.00. The van der Waals surface area contributed by atoms with E-state index in [0.717, 1.165) is 27.9 Å². The Morgan fingerprint density at radius 1 is 0.861 bits per heavy atom. The first kappa shape index (κ1) is 26.7. The number of ether oxygens (including phenoxy) is 2. The van der Waals surface area contributed by atoms with Crippen molar-refractivity contribution in [2.24, 2.45) is 5.18 Å². The molecule has 0 fully saturated rings. The van der Waals surface area contributed by atoms with E-state index < -0.39 is 23.9 Å². The Hall–Kier alpha value is -3.87. The fourth-order valence-corrected chi connectivity index (χ4v) is 4.40. The molecule has 0 spiro atoms. The fraction of sp³-hybridized carbons (Fsp3) is 0.345. The number of carbonyl (C=O) groups excluding carboxylic acids is 2. The second-order valence-corrected chi connectivity index (χ2v) is 8.60. The maximum Gasteiger partial charge on any atom is 0.324 e. The molecule has 0 aliphatic heterocycles. The summed E-state index contributed by atoms with van der Waals surface area (Å²) in [6.45, 7) is 7.63. The third-order valence-electron chi connectivity index (χ3n) is 6.17.